The zero-order valence-corrected chi connectivity index (χ0v) is 18.0. The standard InChI is InChI=1S/C22H23ClN6O2/c1-2-3-4-18-14-28(15-21(30)27(11-9-24)12-10-25)22(31)20-13-19(26-29(18)20)16-5-7-17(23)8-6-16/h5-8,13,18H,2-4,11-12,14-15H2,1H3. The molecule has 2 heterocycles. The Morgan fingerprint density at radius 2 is 1.94 bits per heavy atom. The Morgan fingerprint density at radius 1 is 1.26 bits per heavy atom. The van der Waals surface area contributed by atoms with Gasteiger partial charge in [0.25, 0.3) is 5.91 Å². The van der Waals surface area contributed by atoms with Crippen molar-refractivity contribution in [3.8, 4) is 23.4 Å². The molecule has 0 saturated heterocycles. The zero-order valence-electron chi connectivity index (χ0n) is 17.3. The molecule has 0 fully saturated rings. The average molecular weight is 439 g/mol. The maximum absolute atomic E-state index is 13.2. The maximum atomic E-state index is 13.2. The molecule has 2 amide bonds. The van der Waals surface area contributed by atoms with Gasteiger partial charge in [-0.3, -0.25) is 14.3 Å². The topological polar surface area (TPSA) is 106 Å². The van der Waals surface area contributed by atoms with Crippen molar-refractivity contribution < 1.29 is 9.59 Å². The summed E-state index contributed by atoms with van der Waals surface area (Å²) < 4.78 is 1.77. The number of carbonyl (C=O) groups is 2. The summed E-state index contributed by atoms with van der Waals surface area (Å²) in [6, 6.07) is 12.7. The van der Waals surface area contributed by atoms with Crippen LogP contribution in [-0.4, -0.2) is 57.6 Å². The van der Waals surface area contributed by atoms with E-state index in [1.54, 1.807) is 22.9 Å². The van der Waals surface area contributed by atoms with Gasteiger partial charge in [0.2, 0.25) is 5.91 Å². The molecule has 1 aliphatic rings. The molecule has 0 radical (unpaired) electrons. The molecule has 0 bridgehead atoms. The van der Waals surface area contributed by atoms with Crippen molar-refractivity contribution in [1.29, 1.82) is 10.5 Å². The molecule has 9 heteroatoms. The number of aromatic nitrogens is 2. The van der Waals surface area contributed by atoms with Crippen molar-refractivity contribution in [3.05, 3.63) is 41.0 Å². The quantitative estimate of drug-likeness (QED) is 0.588. The van der Waals surface area contributed by atoms with Crippen molar-refractivity contribution in [2.45, 2.75) is 32.2 Å². The van der Waals surface area contributed by atoms with Crippen LogP contribution in [0.15, 0.2) is 30.3 Å². The van der Waals surface area contributed by atoms with Gasteiger partial charge >= 0.3 is 0 Å². The summed E-state index contributed by atoms with van der Waals surface area (Å²) in [5.41, 5.74) is 1.95. The second-order valence-electron chi connectivity index (χ2n) is 7.41. The van der Waals surface area contributed by atoms with Crippen LogP contribution in [0.3, 0.4) is 0 Å². The smallest absolute Gasteiger partial charge is 0.272 e. The summed E-state index contributed by atoms with van der Waals surface area (Å²) in [6.07, 6.45) is 2.79. The molecule has 1 atom stereocenters. The summed E-state index contributed by atoms with van der Waals surface area (Å²) in [5, 5.41) is 23.1. The summed E-state index contributed by atoms with van der Waals surface area (Å²) in [7, 11) is 0. The molecule has 2 aromatic rings. The van der Waals surface area contributed by atoms with Gasteiger partial charge in [-0.2, -0.15) is 15.6 Å². The number of unbranched alkanes of at least 4 members (excludes halogenated alkanes) is 1. The van der Waals surface area contributed by atoms with Gasteiger partial charge < -0.3 is 9.80 Å². The minimum atomic E-state index is -0.420. The Hall–Kier alpha value is -3.36. The average Bonchev–Trinajstić information content (AvgIpc) is 3.21. The first-order valence-electron chi connectivity index (χ1n) is 10.1. The molecule has 1 aromatic heterocycles. The highest BCUT2D eigenvalue weighted by Gasteiger charge is 2.34. The number of amides is 2. The van der Waals surface area contributed by atoms with Crippen molar-refractivity contribution >= 4 is 23.4 Å². The van der Waals surface area contributed by atoms with Crippen molar-refractivity contribution in [1.82, 2.24) is 19.6 Å². The van der Waals surface area contributed by atoms with E-state index in [0.717, 1.165) is 29.7 Å². The highest BCUT2D eigenvalue weighted by Crippen LogP contribution is 2.29. The zero-order chi connectivity index (χ0) is 22.4. The Kier molecular flexibility index (Phi) is 7.28. The third kappa shape index (κ3) is 5.04. The Morgan fingerprint density at radius 3 is 2.55 bits per heavy atom. The van der Waals surface area contributed by atoms with Gasteiger partial charge in [0, 0.05) is 17.1 Å². The van der Waals surface area contributed by atoms with Crippen LogP contribution in [0.4, 0.5) is 0 Å². The summed E-state index contributed by atoms with van der Waals surface area (Å²) in [6.45, 7) is 1.90. The van der Waals surface area contributed by atoms with E-state index in [4.69, 9.17) is 22.1 Å². The molecular formula is C22H23ClN6O2. The SMILES string of the molecule is CCCCC1CN(CC(=O)N(CC#N)CC#N)C(=O)c2cc(-c3ccc(Cl)cc3)nn21. The van der Waals surface area contributed by atoms with E-state index < -0.39 is 5.91 Å². The van der Waals surface area contributed by atoms with Crippen LogP contribution in [0, 0.1) is 22.7 Å². The number of fused-ring (bicyclic) bond motifs is 1. The molecule has 3 rings (SSSR count). The number of carbonyl (C=O) groups excluding carboxylic acids is 2. The Balaban J connectivity index is 1.89. The summed E-state index contributed by atoms with van der Waals surface area (Å²) >= 11 is 5.98. The number of nitrogens with zero attached hydrogens (tertiary/aromatic N) is 6. The van der Waals surface area contributed by atoms with Gasteiger partial charge in [-0.05, 0) is 24.6 Å². The number of benzene rings is 1. The van der Waals surface area contributed by atoms with Crippen LogP contribution in [0.25, 0.3) is 11.3 Å². The highest BCUT2D eigenvalue weighted by molar-refractivity contribution is 6.30. The van der Waals surface area contributed by atoms with Crippen LogP contribution in [0.1, 0.15) is 42.7 Å². The molecule has 0 spiro atoms. The predicted molar refractivity (Wildman–Crippen MR) is 115 cm³/mol. The molecule has 0 N–H and O–H groups in total. The molecule has 0 saturated carbocycles. The number of rotatable bonds is 8. The molecule has 31 heavy (non-hydrogen) atoms. The molecule has 160 valence electrons. The van der Waals surface area contributed by atoms with Crippen LogP contribution in [0.2, 0.25) is 5.02 Å². The van der Waals surface area contributed by atoms with Gasteiger partial charge in [0.05, 0.1) is 23.9 Å². The van der Waals surface area contributed by atoms with Crippen LogP contribution >= 0.6 is 11.6 Å². The lowest BCUT2D eigenvalue weighted by Crippen LogP contribution is -2.48. The van der Waals surface area contributed by atoms with E-state index in [9.17, 15) is 9.59 Å². The van der Waals surface area contributed by atoms with Crippen molar-refractivity contribution in [2.24, 2.45) is 0 Å². The lowest BCUT2D eigenvalue weighted by Gasteiger charge is -2.34. The van der Waals surface area contributed by atoms with Gasteiger partial charge in [-0.25, -0.2) is 0 Å². The number of nitriles is 2. The first kappa shape index (κ1) is 22.3. The van der Waals surface area contributed by atoms with Gasteiger partial charge in [0.1, 0.15) is 25.3 Å². The van der Waals surface area contributed by atoms with E-state index in [-0.39, 0.29) is 31.6 Å². The van der Waals surface area contributed by atoms with Gasteiger partial charge in [0.15, 0.2) is 0 Å². The number of halogens is 1. The monoisotopic (exact) mass is 438 g/mol. The first-order valence-corrected chi connectivity index (χ1v) is 10.5. The third-order valence-electron chi connectivity index (χ3n) is 5.25. The van der Waals surface area contributed by atoms with E-state index in [1.165, 1.54) is 4.90 Å². The first-order chi connectivity index (χ1) is 15.0. The second-order valence-corrected chi connectivity index (χ2v) is 7.85. The fourth-order valence-corrected chi connectivity index (χ4v) is 3.75. The van der Waals surface area contributed by atoms with E-state index in [0.29, 0.717) is 23.0 Å². The molecule has 1 aromatic carbocycles. The molecule has 1 aliphatic heterocycles. The van der Waals surface area contributed by atoms with Crippen LogP contribution in [0.5, 0.6) is 0 Å². The second kappa shape index (κ2) is 10.1. The van der Waals surface area contributed by atoms with Crippen molar-refractivity contribution in [3.63, 3.8) is 0 Å². The Labute approximate surface area is 186 Å². The number of hydrogen-bond donors (Lipinski definition) is 0. The predicted octanol–water partition coefficient (Wildman–Crippen LogP) is 3.27. The van der Waals surface area contributed by atoms with Crippen LogP contribution < -0.4 is 0 Å². The fourth-order valence-electron chi connectivity index (χ4n) is 3.63. The van der Waals surface area contributed by atoms with Gasteiger partial charge in [-0.1, -0.05) is 43.5 Å². The Bertz CT molecular complexity index is 1020. The van der Waals surface area contributed by atoms with Gasteiger partial charge in [-0.15, -0.1) is 0 Å². The fraction of sp³-hybridized carbons (Fsp3) is 0.409. The highest BCUT2D eigenvalue weighted by atomic mass is 35.5. The lowest BCUT2D eigenvalue weighted by molar-refractivity contribution is -0.131. The maximum Gasteiger partial charge on any atom is 0.272 e. The molecule has 1 unspecified atom stereocenters. The number of hydrogen-bond acceptors (Lipinski definition) is 5. The summed E-state index contributed by atoms with van der Waals surface area (Å²) in [4.78, 5) is 28.4. The minimum absolute atomic E-state index is 0.0538. The van der Waals surface area contributed by atoms with E-state index >= 15 is 0 Å². The van der Waals surface area contributed by atoms with Crippen molar-refractivity contribution in [2.75, 3.05) is 26.2 Å². The summed E-state index contributed by atoms with van der Waals surface area (Å²) in [5.74, 6) is -0.709. The lowest BCUT2D eigenvalue weighted by atomic mass is 10.1. The van der Waals surface area contributed by atoms with E-state index in [2.05, 4.69) is 12.0 Å². The minimum Gasteiger partial charge on any atom is -0.326 e. The molecule has 0 aliphatic carbocycles. The largest absolute Gasteiger partial charge is 0.326 e. The normalized spacial score (nSPS) is 15.2. The third-order valence-corrected chi connectivity index (χ3v) is 5.50. The van der Waals surface area contributed by atoms with E-state index in [1.807, 2.05) is 24.3 Å². The van der Waals surface area contributed by atoms with Crippen LogP contribution in [-0.2, 0) is 4.79 Å². The molecule has 8 nitrogen and oxygen atoms in total. The molecular weight excluding hydrogens is 416 g/mol.